The minimum atomic E-state index is 0.140. The van der Waals surface area contributed by atoms with Crippen LogP contribution in [0.15, 0.2) is 53.0 Å². The Labute approximate surface area is 157 Å². The molecule has 3 nitrogen and oxygen atoms in total. The lowest BCUT2D eigenvalue weighted by molar-refractivity contribution is 1.31. The Morgan fingerprint density at radius 1 is 1.04 bits per heavy atom. The maximum absolute atomic E-state index is 9.48. The van der Waals surface area contributed by atoms with Crippen LogP contribution < -0.4 is 5.73 Å². The Kier molecular flexibility index (Phi) is 4.77. The van der Waals surface area contributed by atoms with E-state index in [1.807, 2.05) is 24.3 Å². The molecule has 24 heavy (non-hydrogen) atoms. The van der Waals surface area contributed by atoms with Gasteiger partial charge >= 0.3 is 0 Å². The van der Waals surface area contributed by atoms with Crippen molar-refractivity contribution in [3.8, 4) is 28.5 Å². The predicted octanol–water partition coefficient (Wildman–Crippen LogP) is 5.94. The molecule has 0 radical (unpaired) electrons. The molecule has 0 fully saturated rings. The topological polar surface area (TPSA) is 62.7 Å². The largest absolute Gasteiger partial charge is 0.383 e. The summed E-state index contributed by atoms with van der Waals surface area (Å²) < 4.78 is 0.919. The lowest BCUT2D eigenvalue weighted by atomic mass is 9.98. The van der Waals surface area contributed by atoms with E-state index in [1.165, 1.54) is 0 Å². The minimum Gasteiger partial charge on any atom is -0.383 e. The number of nitriles is 1. The van der Waals surface area contributed by atoms with E-state index in [0.29, 0.717) is 26.9 Å². The van der Waals surface area contributed by atoms with Gasteiger partial charge in [-0.1, -0.05) is 57.3 Å². The first-order valence-corrected chi connectivity index (χ1v) is 8.47. The molecule has 3 aromatic rings. The molecule has 0 saturated carbocycles. The Hall–Kier alpha value is -2.06. The number of hydrogen-bond donors (Lipinski definition) is 1. The van der Waals surface area contributed by atoms with Crippen LogP contribution >= 0.6 is 39.1 Å². The Bertz CT molecular complexity index is 960. The fraction of sp³-hybridized carbons (Fsp3) is 0. The van der Waals surface area contributed by atoms with Gasteiger partial charge in [-0.2, -0.15) is 5.26 Å². The smallest absolute Gasteiger partial charge is 0.142 e. The third-order valence-electron chi connectivity index (χ3n) is 3.51. The van der Waals surface area contributed by atoms with Crippen LogP contribution in [0.25, 0.3) is 22.4 Å². The van der Waals surface area contributed by atoms with E-state index in [9.17, 15) is 5.26 Å². The first kappa shape index (κ1) is 16.8. The summed E-state index contributed by atoms with van der Waals surface area (Å²) in [6.07, 6.45) is 0. The second-order valence-electron chi connectivity index (χ2n) is 5.03. The summed E-state index contributed by atoms with van der Waals surface area (Å²) >= 11 is 16.1. The van der Waals surface area contributed by atoms with Crippen molar-refractivity contribution < 1.29 is 0 Å². The monoisotopic (exact) mass is 417 g/mol. The number of pyridine rings is 1. The highest BCUT2D eigenvalue weighted by Gasteiger charge is 2.17. The number of nitrogen functional groups attached to an aromatic ring is 1. The fourth-order valence-corrected chi connectivity index (χ4v) is 3.43. The number of aromatic nitrogens is 1. The molecule has 118 valence electrons. The number of halogens is 3. The quantitative estimate of drug-likeness (QED) is 0.560. The van der Waals surface area contributed by atoms with Crippen LogP contribution in [0.5, 0.6) is 0 Å². The molecule has 0 bridgehead atoms. The summed E-state index contributed by atoms with van der Waals surface area (Å²) in [7, 11) is 0. The van der Waals surface area contributed by atoms with Gasteiger partial charge in [-0.05, 0) is 30.3 Å². The van der Waals surface area contributed by atoms with Gasteiger partial charge in [-0.15, -0.1) is 0 Å². The molecule has 0 atom stereocenters. The third-order valence-corrected chi connectivity index (χ3v) is 4.63. The highest BCUT2D eigenvalue weighted by atomic mass is 79.9. The molecule has 0 amide bonds. The van der Waals surface area contributed by atoms with Crippen LogP contribution in [0.2, 0.25) is 10.0 Å². The van der Waals surface area contributed by atoms with Crippen molar-refractivity contribution in [2.45, 2.75) is 0 Å². The van der Waals surface area contributed by atoms with Gasteiger partial charge in [0.1, 0.15) is 17.5 Å². The third kappa shape index (κ3) is 3.11. The standard InChI is InChI=1S/C18H10BrCl2N3/c19-11-4-1-3-10(7-11)16-8-12(13(9-22)18(23)24-16)17-14(20)5-2-6-15(17)21/h1-8H,(H2,23,24). The lowest BCUT2D eigenvalue weighted by Gasteiger charge is -2.13. The molecular weight excluding hydrogens is 409 g/mol. The molecule has 3 rings (SSSR count). The number of benzene rings is 2. The van der Waals surface area contributed by atoms with E-state index in [-0.39, 0.29) is 11.4 Å². The van der Waals surface area contributed by atoms with Gasteiger partial charge in [0, 0.05) is 31.2 Å². The van der Waals surface area contributed by atoms with Gasteiger partial charge < -0.3 is 5.73 Å². The second-order valence-corrected chi connectivity index (χ2v) is 6.76. The van der Waals surface area contributed by atoms with Crippen LogP contribution in [0.3, 0.4) is 0 Å². The van der Waals surface area contributed by atoms with E-state index >= 15 is 0 Å². The second kappa shape index (κ2) is 6.82. The number of anilines is 1. The Balaban J connectivity index is 2.32. The highest BCUT2D eigenvalue weighted by Crippen LogP contribution is 2.39. The molecule has 0 aliphatic carbocycles. The normalized spacial score (nSPS) is 10.4. The molecule has 0 spiro atoms. The fourth-order valence-electron chi connectivity index (χ4n) is 2.43. The minimum absolute atomic E-state index is 0.140. The average molecular weight is 419 g/mol. The van der Waals surface area contributed by atoms with Gasteiger partial charge in [0.2, 0.25) is 0 Å². The van der Waals surface area contributed by atoms with Gasteiger partial charge in [0.25, 0.3) is 0 Å². The summed E-state index contributed by atoms with van der Waals surface area (Å²) in [5.74, 6) is 0.140. The van der Waals surface area contributed by atoms with Crippen LogP contribution in [-0.4, -0.2) is 4.98 Å². The molecule has 2 aromatic carbocycles. The van der Waals surface area contributed by atoms with Crippen molar-refractivity contribution in [2.75, 3.05) is 5.73 Å². The molecule has 1 aromatic heterocycles. The van der Waals surface area contributed by atoms with Gasteiger partial charge in [0.05, 0.1) is 5.69 Å². The van der Waals surface area contributed by atoms with Crippen LogP contribution in [0.4, 0.5) is 5.82 Å². The van der Waals surface area contributed by atoms with Crippen LogP contribution in [0, 0.1) is 11.3 Å². The van der Waals surface area contributed by atoms with Gasteiger partial charge in [-0.25, -0.2) is 4.98 Å². The van der Waals surface area contributed by atoms with Gasteiger partial charge in [0.15, 0.2) is 0 Å². The SMILES string of the molecule is N#Cc1c(-c2c(Cl)cccc2Cl)cc(-c2cccc(Br)c2)nc1N. The van der Waals surface area contributed by atoms with Crippen molar-refractivity contribution in [3.63, 3.8) is 0 Å². The van der Waals surface area contributed by atoms with E-state index in [2.05, 4.69) is 27.0 Å². The molecule has 0 unspecified atom stereocenters. The molecule has 6 heteroatoms. The maximum atomic E-state index is 9.48. The van der Waals surface area contributed by atoms with E-state index < -0.39 is 0 Å². The van der Waals surface area contributed by atoms with Crippen molar-refractivity contribution >= 4 is 44.9 Å². The van der Waals surface area contributed by atoms with Crippen molar-refractivity contribution in [1.82, 2.24) is 4.98 Å². The summed E-state index contributed by atoms with van der Waals surface area (Å²) in [5.41, 5.74) is 8.91. The first-order valence-electron chi connectivity index (χ1n) is 6.92. The number of nitrogens with zero attached hydrogens (tertiary/aromatic N) is 2. The maximum Gasteiger partial charge on any atom is 0.142 e. The molecule has 1 heterocycles. The van der Waals surface area contributed by atoms with Crippen LogP contribution in [-0.2, 0) is 0 Å². The zero-order valence-corrected chi connectivity index (χ0v) is 15.3. The number of nitrogens with two attached hydrogens (primary N) is 1. The number of hydrogen-bond acceptors (Lipinski definition) is 3. The molecule has 0 aliphatic heterocycles. The first-order chi connectivity index (χ1) is 11.5. The highest BCUT2D eigenvalue weighted by molar-refractivity contribution is 9.10. The lowest BCUT2D eigenvalue weighted by Crippen LogP contribution is -2.00. The number of rotatable bonds is 2. The summed E-state index contributed by atoms with van der Waals surface area (Å²) in [6, 6.07) is 16.7. The molecular formula is C18H10BrCl2N3. The van der Waals surface area contributed by atoms with E-state index in [0.717, 1.165) is 10.0 Å². The average Bonchev–Trinajstić information content (AvgIpc) is 2.54. The van der Waals surface area contributed by atoms with Crippen molar-refractivity contribution in [3.05, 3.63) is 68.6 Å². The van der Waals surface area contributed by atoms with Gasteiger partial charge in [-0.3, -0.25) is 0 Å². The zero-order chi connectivity index (χ0) is 17.3. The summed E-state index contributed by atoms with van der Waals surface area (Å²) in [5, 5.41) is 10.4. The molecule has 2 N–H and O–H groups in total. The van der Waals surface area contributed by atoms with Crippen molar-refractivity contribution in [2.24, 2.45) is 0 Å². The van der Waals surface area contributed by atoms with Crippen molar-refractivity contribution in [1.29, 1.82) is 5.26 Å². The van der Waals surface area contributed by atoms with E-state index in [1.54, 1.807) is 24.3 Å². The summed E-state index contributed by atoms with van der Waals surface area (Å²) in [6.45, 7) is 0. The Morgan fingerprint density at radius 2 is 1.71 bits per heavy atom. The molecule has 0 aliphatic rings. The predicted molar refractivity (Wildman–Crippen MR) is 102 cm³/mol. The van der Waals surface area contributed by atoms with Crippen LogP contribution in [0.1, 0.15) is 5.56 Å². The molecule has 0 saturated heterocycles. The summed E-state index contributed by atoms with van der Waals surface area (Å²) in [4.78, 5) is 4.35. The Morgan fingerprint density at radius 3 is 2.33 bits per heavy atom. The van der Waals surface area contributed by atoms with E-state index in [4.69, 9.17) is 28.9 Å². The zero-order valence-electron chi connectivity index (χ0n) is 12.2.